The molecule has 1 unspecified atom stereocenters. The van der Waals surface area contributed by atoms with E-state index in [1.165, 1.54) is 6.20 Å². The Morgan fingerprint density at radius 1 is 1.08 bits per heavy atom. The van der Waals surface area contributed by atoms with E-state index >= 15 is 0 Å². The summed E-state index contributed by atoms with van der Waals surface area (Å²) in [5.74, 6) is 0.971. The van der Waals surface area contributed by atoms with Gasteiger partial charge >= 0.3 is 6.18 Å². The maximum Gasteiger partial charge on any atom is 0.401 e. The van der Waals surface area contributed by atoms with Gasteiger partial charge < -0.3 is 21.3 Å². The average molecular weight is 525 g/mol. The van der Waals surface area contributed by atoms with Gasteiger partial charge in [-0.25, -0.2) is 9.99 Å². The highest BCUT2D eigenvalue weighted by Crippen LogP contribution is 2.27. The van der Waals surface area contributed by atoms with Gasteiger partial charge in [0.05, 0.1) is 18.8 Å². The Bertz CT molecular complexity index is 1080. The summed E-state index contributed by atoms with van der Waals surface area (Å²) >= 11 is 5.94. The lowest BCUT2D eigenvalue weighted by molar-refractivity contribution is -0.126. The Balaban J connectivity index is 1.24. The van der Waals surface area contributed by atoms with Crippen molar-refractivity contribution < 1.29 is 18.0 Å². The van der Waals surface area contributed by atoms with Crippen molar-refractivity contribution in [2.75, 3.05) is 18.4 Å². The van der Waals surface area contributed by atoms with Gasteiger partial charge in [-0.2, -0.15) is 18.3 Å². The van der Waals surface area contributed by atoms with Crippen molar-refractivity contribution in [1.82, 2.24) is 25.9 Å². The van der Waals surface area contributed by atoms with E-state index in [2.05, 4.69) is 31.2 Å². The number of amidine groups is 2. The highest BCUT2D eigenvalue weighted by atomic mass is 35.5. The van der Waals surface area contributed by atoms with Crippen LogP contribution >= 0.6 is 11.6 Å². The number of anilines is 1. The summed E-state index contributed by atoms with van der Waals surface area (Å²) in [5, 5.41) is 19.0. The van der Waals surface area contributed by atoms with Gasteiger partial charge in [-0.3, -0.25) is 9.79 Å². The van der Waals surface area contributed by atoms with Crippen molar-refractivity contribution in [3.05, 3.63) is 35.3 Å². The number of hydrogen-bond acceptors (Lipinski definition) is 8. The molecule has 3 heterocycles. The van der Waals surface area contributed by atoms with E-state index < -0.39 is 18.8 Å². The van der Waals surface area contributed by atoms with Crippen molar-refractivity contribution in [3.63, 3.8) is 0 Å². The molecule has 5 rings (SSSR count). The predicted molar refractivity (Wildman–Crippen MR) is 131 cm³/mol. The first-order chi connectivity index (χ1) is 17.2. The molecule has 9 nitrogen and oxygen atoms in total. The number of pyridine rings is 1. The molecule has 2 aliphatic carbocycles. The average Bonchev–Trinajstić information content (AvgIpc) is 3.53. The van der Waals surface area contributed by atoms with Gasteiger partial charge in [0.25, 0.3) is 5.91 Å². The van der Waals surface area contributed by atoms with E-state index in [0.29, 0.717) is 36.2 Å². The van der Waals surface area contributed by atoms with Crippen molar-refractivity contribution in [1.29, 1.82) is 0 Å². The Morgan fingerprint density at radius 2 is 1.78 bits per heavy atom. The van der Waals surface area contributed by atoms with Crippen LogP contribution in [0.2, 0.25) is 5.15 Å². The van der Waals surface area contributed by atoms with E-state index in [1.54, 1.807) is 17.1 Å². The Kier molecular flexibility index (Phi) is 7.07. The van der Waals surface area contributed by atoms with E-state index in [1.807, 2.05) is 6.08 Å². The number of amides is 1. The molecule has 2 aliphatic heterocycles. The zero-order valence-corrected chi connectivity index (χ0v) is 20.2. The number of aliphatic imine (C=N–C) groups is 1. The van der Waals surface area contributed by atoms with Gasteiger partial charge in [0.2, 0.25) is 0 Å². The molecule has 0 radical (unpaired) electrons. The molecule has 1 aromatic heterocycles. The van der Waals surface area contributed by atoms with E-state index in [-0.39, 0.29) is 29.7 Å². The second-order valence-corrected chi connectivity index (χ2v) is 9.92. The summed E-state index contributed by atoms with van der Waals surface area (Å²) in [6, 6.07) is 2.92. The first-order valence-corrected chi connectivity index (χ1v) is 12.5. The molecule has 1 amide bonds. The first kappa shape index (κ1) is 24.8. The van der Waals surface area contributed by atoms with Crippen LogP contribution in [0.4, 0.5) is 18.9 Å². The Labute approximate surface area is 211 Å². The van der Waals surface area contributed by atoms with Crippen molar-refractivity contribution in [2.45, 2.75) is 68.9 Å². The standard InChI is InChI=1S/C23H28ClF3N8O/c24-19-9-16(7-8-28-19)33-22(36)18-11-29-21-17(31-14-5-6-14)10-20(34-35(18)21)32-15-3-1-13(2-4-15)30-12-23(25,26)27/h7-10,13-15,18,30-31H,1-6,11-12H2,(H,32,34)(H,28,33,36)/t13-,15-,18?. The number of hydrazone groups is 1. The summed E-state index contributed by atoms with van der Waals surface area (Å²) < 4.78 is 37.5. The van der Waals surface area contributed by atoms with Crippen LogP contribution in [-0.4, -0.2) is 71.0 Å². The maximum absolute atomic E-state index is 13.1. The van der Waals surface area contributed by atoms with Crippen LogP contribution in [0.15, 0.2) is 40.2 Å². The molecule has 2 fully saturated rings. The summed E-state index contributed by atoms with van der Waals surface area (Å²) in [6.45, 7) is -0.704. The van der Waals surface area contributed by atoms with Crippen molar-refractivity contribution in [2.24, 2.45) is 10.1 Å². The fourth-order valence-corrected chi connectivity index (χ4v) is 4.75. The number of carbonyl (C=O) groups excluding carboxylic acids is 1. The Morgan fingerprint density at radius 3 is 2.47 bits per heavy atom. The highest BCUT2D eigenvalue weighted by molar-refractivity contribution is 6.29. The molecule has 0 saturated heterocycles. The highest BCUT2D eigenvalue weighted by Gasteiger charge is 2.39. The minimum atomic E-state index is -4.21. The fraction of sp³-hybridized carbons (Fsp3) is 0.565. The smallest absolute Gasteiger partial charge is 0.379 e. The van der Waals surface area contributed by atoms with Crippen LogP contribution in [0.25, 0.3) is 0 Å². The Hall–Kier alpha value is -2.86. The molecule has 0 aromatic carbocycles. The molecule has 36 heavy (non-hydrogen) atoms. The maximum atomic E-state index is 13.1. The van der Waals surface area contributed by atoms with E-state index in [0.717, 1.165) is 31.4 Å². The number of carbonyl (C=O) groups is 1. The topological polar surface area (TPSA) is 106 Å². The lowest BCUT2D eigenvalue weighted by Crippen LogP contribution is -2.49. The van der Waals surface area contributed by atoms with Gasteiger partial charge in [0.15, 0.2) is 11.9 Å². The molecule has 1 atom stereocenters. The number of alkyl halides is 3. The summed E-state index contributed by atoms with van der Waals surface area (Å²) in [4.78, 5) is 21.6. The molecule has 1 aromatic rings. The number of halogens is 4. The number of nitrogens with zero attached hydrogens (tertiary/aromatic N) is 4. The molecular formula is C23H28ClF3N8O. The van der Waals surface area contributed by atoms with Crippen LogP contribution in [0, 0.1) is 0 Å². The van der Waals surface area contributed by atoms with Gasteiger partial charge in [-0.05, 0) is 50.7 Å². The molecule has 0 bridgehead atoms. The number of nitrogens with one attached hydrogen (secondary N) is 4. The van der Waals surface area contributed by atoms with Gasteiger partial charge in [-0.15, -0.1) is 0 Å². The zero-order chi connectivity index (χ0) is 25.3. The molecule has 13 heteroatoms. The van der Waals surface area contributed by atoms with Crippen LogP contribution in [-0.2, 0) is 4.79 Å². The normalized spacial score (nSPS) is 25.9. The molecular weight excluding hydrogens is 497 g/mol. The van der Waals surface area contributed by atoms with Crippen LogP contribution in [0.3, 0.4) is 0 Å². The zero-order valence-electron chi connectivity index (χ0n) is 19.5. The fourth-order valence-electron chi connectivity index (χ4n) is 4.58. The minimum absolute atomic E-state index is 0.0819. The van der Waals surface area contributed by atoms with Crippen LogP contribution in [0.1, 0.15) is 38.5 Å². The quantitative estimate of drug-likeness (QED) is 0.409. The van der Waals surface area contributed by atoms with Crippen LogP contribution < -0.4 is 21.3 Å². The molecule has 194 valence electrons. The second kappa shape index (κ2) is 10.3. The summed E-state index contributed by atoms with van der Waals surface area (Å²) in [5.41, 5.74) is 1.35. The van der Waals surface area contributed by atoms with E-state index in [4.69, 9.17) is 16.7 Å². The number of rotatable bonds is 7. The predicted octanol–water partition coefficient (Wildman–Crippen LogP) is 2.77. The second-order valence-electron chi connectivity index (χ2n) is 9.53. The third-order valence-electron chi connectivity index (χ3n) is 6.57. The third-order valence-corrected chi connectivity index (χ3v) is 6.77. The van der Waals surface area contributed by atoms with Gasteiger partial charge in [0.1, 0.15) is 11.0 Å². The monoisotopic (exact) mass is 524 g/mol. The lowest BCUT2D eigenvalue weighted by atomic mass is 9.91. The minimum Gasteiger partial charge on any atom is -0.379 e. The number of hydrogen-bond donors (Lipinski definition) is 4. The lowest BCUT2D eigenvalue weighted by Gasteiger charge is -2.33. The first-order valence-electron chi connectivity index (χ1n) is 12.1. The summed E-state index contributed by atoms with van der Waals surface area (Å²) in [7, 11) is 0. The van der Waals surface area contributed by atoms with E-state index in [9.17, 15) is 18.0 Å². The third kappa shape index (κ3) is 6.28. The number of fused-ring (bicyclic) bond motifs is 1. The van der Waals surface area contributed by atoms with Gasteiger partial charge in [-0.1, -0.05) is 11.6 Å². The van der Waals surface area contributed by atoms with Gasteiger partial charge in [0, 0.05) is 36.1 Å². The summed E-state index contributed by atoms with van der Waals surface area (Å²) in [6.07, 6.45) is 4.11. The van der Waals surface area contributed by atoms with Crippen molar-refractivity contribution in [3.8, 4) is 0 Å². The molecule has 2 saturated carbocycles. The largest absolute Gasteiger partial charge is 0.401 e. The van der Waals surface area contributed by atoms with Crippen LogP contribution in [0.5, 0.6) is 0 Å². The molecule has 4 aliphatic rings. The molecule has 0 spiro atoms. The number of aromatic nitrogens is 1. The SMILES string of the molecule is O=C(Nc1ccnc(Cl)c1)C1CN=C2C(NC3CC3)=CC(N[C@H]3CC[C@H](NCC(F)(F)F)CC3)=NN21. The van der Waals surface area contributed by atoms with Crippen molar-refractivity contribution >= 4 is 34.9 Å². The molecule has 4 N–H and O–H groups in total.